The zero-order valence-corrected chi connectivity index (χ0v) is 58.5. The lowest BCUT2D eigenvalue weighted by Crippen LogP contribution is -2.37. The Morgan fingerprint density at radius 3 is 0.929 bits per heavy atom. The molecule has 0 bridgehead atoms. The van der Waals surface area contributed by atoms with Crippen LogP contribution >= 0.6 is 7.82 Å². The number of esters is 2. The summed E-state index contributed by atoms with van der Waals surface area (Å²) in [4.78, 5) is 35.9. The molecule has 0 amide bonds. The Labute approximate surface area is 529 Å². The van der Waals surface area contributed by atoms with E-state index in [9.17, 15) is 19.0 Å². The zero-order valence-electron chi connectivity index (χ0n) is 57.6. The predicted octanol–water partition coefficient (Wildman–Crippen LogP) is 24.4. The highest BCUT2D eigenvalue weighted by Gasteiger charge is 2.27. The van der Waals surface area contributed by atoms with E-state index in [1.54, 1.807) is 0 Å². The molecule has 2 unspecified atom stereocenters. The molecule has 0 aromatic heterocycles. The van der Waals surface area contributed by atoms with E-state index in [0.717, 1.165) is 44.9 Å². The van der Waals surface area contributed by atoms with Gasteiger partial charge in [-0.3, -0.25) is 18.6 Å². The maximum absolute atomic E-state index is 12.9. The Balaban J connectivity index is 3.85. The lowest BCUT2D eigenvalue weighted by Gasteiger charge is -2.24. The maximum Gasteiger partial charge on any atom is 0.472 e. The maximum atomic E-state index is 12.9. The standard InChI is InChI=1S/C75H146NO8P/c1-6-8-10-12-14-16-18-20-22-24-26-28-29-30-31-32-33-34-35-36-37-38-39-40-41-42-43-44-45-46-47-48-50-52-54-56-58-60-62-64-66-68-75(78)84-73(72-83-85(79,80)82-70-69-76(3,4)5)71-81-74(77)67-65-63-61-59-57-55-53-51-49-27-25-23-21-19-17-15-13-11-9-7-2/h18,20,24,26,73H,6-17,19,21-23,25,27-72H2,1-5H3/p+1/b20-18-,26-24-. The molecular weight excluding hydrogens is 1070 g/mol. The number of phosphoric ester groups is 1. The van der Waals surface area contributed by atoms with Crippen molar-refractivity contribution >= 4 is 19.8 Å². The van der Waals surface area contributed by atoms with Crippen molar-refractivity contribution in [3.63, 3.8) is 0 Å². The number of ether oxygens (including phenoxy) is 2. The molecule has 0 aromatic rings. The fraction of sp³-hybridized carbons (Fsp3) is 0.920. The van der Waals surface area contributed by atoms with Crippen LogP contribution in [-0.2, 0) is 32.7 Å². The number of nitrogens with zero attached hydrogens (tertiary/aromatic N) is 1. The molecule has 85 heavy (non-hydrogen) atoms. The predicted molar refractivity (Wildman–Crippen MR) is 367 cm³/mol. The molecule has 0 spiro atoms. The summed E-state index contributed by atoms with van der Waals surface area (Å²) in [5.41, 5.74) is 0. The van der Waals surface area contributed by atoms with Crippen LogP contribution in [0, 0.1) is 0 Å². The Kier molecular flexibility index (Phi) is 65.7. The van der Waals surface area contributed by atoms with Crippen LogP contribution in [0.1, 0.15) is 393 Å². The van der Waals surface area contributed by atoms with Crippen molar-refractivity contribution < 1.29 is 42.1 Å². The molecule has 0 heterocycles. The fourth-order valence-corrected chi connectivity index (χ4v) is 12.2. The Morgan fingerprint density at radius 2 is 0.635 bits per heavy atom. The zero-order chi connectivity index (χ0) is 61.9. The fourth-order valence-electron chi connectivity index (χ4n) is 11.5. The molecule has 1 N–H and O–H groups in total. The first-order chi connectivity index (χ1) is 41.5. The third kappa shape index (κ3) is 71.4. The summed E-state index contributed by atoms with van der Waals surface area (Å²) in [6.45, 7) is 4.50. The Morgan fingerprint density at radius 1 is 0.365 bits per heavy atom. The van der Waals surface area contributed by atoms with Gasteiger partial charge in [-0.2, -0.15) is 0 Å². The number of allylic oxidation sites excluding steroid dienone is 4. The van der Waals surface area contributed by atoms with Crippen LogP contribution in [0.15, 0.2) is 24.3 Å². The van der Waals surface area contributed by atoms with Gasteiger partial charge >= 0.3 is 19.8 Å². The molecule has 0 aliphatic carbocycles. The number of hydrogen-bond acceptors (Lipinski definition) is 7. The van der Waals surface area contributed by atoms with Crippen molar-refractivity contribution in [1.29, 1.82) is 0 Å². The Bertz CT molecular complexity index is 1480. The smallest absolute Gasteiger partial charge is 0.462 e. The highest BCUT2D eigenvalue weighted by molar-refractivity contribution is 7.47. The number of quaternary nitrogens is 1. The Hall–Kier alpha value is -1.51. The number of carbonyl (C=O) groups is 2. The number of likely N-dealkylation sites (N-methyl/N-ethyl adjacent to an activating group) is 1. The van der Waals surface area contributed by atoms with E-state index >= 15 is 0 Å². The van der Waals surface area contributed by atoms with Crippen LogP contribution < -0.4 is 0 Å². The second-order valence-electron chi connectivity index (χ2n) is 27.0. The van der Waals surface area contributed by atoms with Crippen molar-refractivity contribution in [2.45, 2.75) is 399 Å². The van der Waals surface area contributed by atoms with E-state index in [0.29, 0.717) is 17.4 Å². The van der Waals surface area contributed by atoms with Gasteiger partial charge in [-0.15, -0.1) is 0 Å². The molecule has 0 rings (SSSR count). The van der Waals surface area contributed by atoms with Crippen LogP contribution in [0.2, 0.25) is 0 Å². The summed E-state index contributed by atoms with van der Waals surface area (Å²) >= 11 is 0. The largest absolute Gasteiger partial charge is 0.472 e. The van der Waals surface area contributed by atoms with Gasteiger partial charge in [-0.25, -0.2) is 4.57 Å². The second kappa shape index (κ2) is 66.9. The lowest BCUT2D eigenvalue weighted by molar-refractivity contribution is -0.870. The first-order valence-electron chi connectivity index (χ1n) is 37.6. The van der Waals surface area contributed by atoms with Gasteiger partial charge in [0.2, 0.25) is 0 Å². The molecule has 9 nitrogen and oxygen atoms in total. The van der Waals surface area contributed by atoms with Gasteiger partial charge in [0, 0.05) is 12.8 Å². The number of unbranched alkanes of at least 4 members (excludes halogenated alkanes) is 53. The minimum absolute atomic E-state index is 0.0366. The van der Waals surface area contributed by atoms with Gasteiger partial charge in [0.15, 0.2) is 6.10 Å². The monoisotopic (exact) mass is 1220 g/mol. The molecule has 2 atom stereocenters. The van der Waals surface area contributed by atoms with Crippen LogP contribution in [0.3, 0.4) is 0 Å². The lowest BCUT2D eigenvalue weighted by atomic mass is 10.0. The molecule has 10 heteroatoms. The van der Waals surface area contributed by atoms with Gasteiger partial charge in [-0.05, 0) is 44.9 Å². The summed E-state index contributed by atoms with van der Waals surface area (Å²) in [5.74, 6) is -0.770. The molecule has 0 aliphatic rings. The number of hydrogen-bond donors (Lipinski definition) is 1. The van der Waals surface area contributed by atoms with Crippen LogP contribution in [0.25, 0.3) is 0 Å². The number of rotatable bonds is 71. The highest BCUT2D eigenvalue weighted by atomic mass is 31.2. The SMILES string of the molecule is CCCCCCC/C=C\C/C=C\CCCCCCCCCCCCCCCCCCCCCCCCCCCCCCCC(=O)OC(COC(=O)CCCCCCCCCCCCCCCCCCCCCC)COP(=O)(O)OCC[N+](C)(C)C. The van der Waals surface area contributed by atoms with Crippen LogP contribution in [-0.4, -0.2) is 74.9 Å². The third-order valence-corrected chi connectivity index (χ3v) is 18.2. The first kappa shape index (κ1) is 83.5. The first-order valence-corrected chi connectivity index (χ1v) is 39.1. The molecule has 0 fully saturated rings. The topological polar surface area (TPSA) is 108 Å². The molecule has 504 valence electrons. The summed E-state index contributed by atoms with van der Waals surface area (Å²) < 4.78 is 34.7. The summed E-state index contributed by atoms with van der Waals surface area (Å²) in [6, 6.07) is 0. The van der Waals surface area contributed by atoms with E-state index in [2.05, 4.69) is 38.2 Å². The van der Waals surface area contributed by atoms with Crippen LogP contribution in [0.4, 0.5) is 0 Å². The van der Waals surface area contributed by atoms with E-state index in [1.165, 1.54) is 321 Å². The average molecular weight is 1220 g/mol. The van der Waals surface area contributed by atoms with E-state index in [1.807, 2.05) is 21.1 Å². The third-order valence-electron chi connectivity index (χ3n) is 17.2. The van der Waals surface area contributed by atoms with Crippen molar-refractivity contribution in [3.8, 4) is 0 Å². The van der Waals surface area contributed by atoms with Crippen molar-refractivity contribution in [2.75, 3.05) is 47.5 Å². The van der Waals surface area contributed by atoms with Gasteiger partial charge in [0.05, 0.1) is 27.7 Å². The van der Waals surface area contributed by atoms with E-state index < -0.39 is 26.5 Å². The molecular formula is C75H147NO8P+. The second-order valence-corrected chi connectivity index (χ2v) is 28.5. The average Bonchev–Trinajstić information content (AvgIpc) is 3.51. The summed E-state index contributed by atoms with van der Waals surface area (Å²) in [6.07, 6.45) is 84.6. The van der Waals surface area contributed by atoms with Crippen molar-refractivity contribution in [1.82, 2.24) is 0 Å². The van der Waals surface area contributed by atoms with Gasteiger partial charge < -0.3 is 18.9 Å². The molecule has 0 aromatic carbocycles. The van der Waals surface area contributed by atoms with Gasteiger partial charge in [-0.1, -0.05) is 359 Å². The number of phosphoric acid groups is 1. The van der Waals surface area contributed by atoms with E-state index in [-0.39, 0.29) is 25.6 Å². The minimum atomic E-state index is -4.39. The van der Waals surface area contributed by atoms with Crippen molar-refractivity contribution in [2.24, 2.45) is 0 Å². The summed E-state index contributed by atoms with van der Waals surface area (Å²) in [7, 11) is 1.50. The van der Waals surface area contributed by atoms with Gasteiger partial charge in [0.1, 0.15) is 19.8 Å². The number of carbonyl (C=O) groups excluding carboxylic acids is 2. The quantitative estimate of drug-likeness (QED) is 0.0211. The normalized spacial score (nSPS) is 13.2. The molecule has 0 saturated heterocycles. The van der Waals surface area contributed by atoms with E-state index in [4.69, 9.17) is 18.5 Å². The molecule has 0 saturated carbocycles. The van der Waals surface area contributed by atoms with Gasteiger partial charge in [0.25, 0.3) is 0 Å². The highest BCUT2D eigenvalue weighted by Crippen LogP contribution is 2.43. The van der Waals surface area contributed by atoms with Crippen molar-refractivity contribution in [3.05, 3.63) is 24.3 Å². The molecule has 0 radical (unpaired) electrons. The molecule has 0 aliphatic heterocycles. The summed E-state index contributed by atoms with van der Waals surface area (Å²) in [5, 5.41) is 0. The van der Waals surface area contributed by atoms with Crippen LogP contribution in [0.5, 0.6) is 0 Å². The minimum Gasteiger partial charge on any atom is -0.462 e.